The monoisotopic (exact) mass is 190 g/mol. The summed E-state index contributed by atoms with van der Waals surface area (Å²) in [6, 6.07) is 0. The van der Waals surface area contributed by atoms with Gasteiger partial charge in [-0.3, -0.25) is 5.84 Å². The molecule has 1 aliphatic rings. The van der Waals surface area contributed by atoms with Gasteiger partial charge in [-0.15, -0.1) is 24.8 Å². The average Bonchev–Trinajstić information content (AvgIpc) is 1.69. The van der Waals surface area contributed by atoms with E-state index in [0.29, 0.717) is 0 Å². The summed E-state index contributed by atoms with van der Waals surface area (Å²) < 4.78 is 0. The highest BCUT2D eigenvalue weighted by Crippen LogP contribution is 1.79. The van der Waals surface area contributed by atoms with Gasteiger partial charge < -0.3 is 11.5 Å². The predicted octanol–water partition coefficient (Wildman–Crippen LogP) is -0.229. The Bertz CT molecular complexity index is 57.2. The van der Waals surface area contributed by atoms with Crippen molar-refractivity contribution >= 4 is 24.8 Å². The minimum atomic E-state index is 0. The molecule has 6 heteroatoms. The highest BCUT2D eigenvalue weighted by molar-refractivity contribution is 5.85. The first-order valence-electron chi connectivity index (χ1n) is 2.60. The molecule has 0 amide bonds. The van der Waals surface area contributed by atoms with Gasteiger partial charge in [0.1, 0.15) is 0 Å². The maximum atomic E-state index is 5.43. The SMILES string of the molecule is Cl.Cl.N.NN1CCNCC1. The highest BCUT2D eigenvalue weighted by atomic mass is 35.5. The molecule has 0 aromatic heterocycles. The largest absolute Gasteiger partial charge is 0.344 e. The van der Waals surface area contributed by atoms with Gasteiger partial charge in [-0.25, -0.2) is 5.01 Å². The van der Waals surface area contributed by atoms with Crippen LogP contribution in [0, 0.1) is 0 Å². The Morgan fingerprint density at radius 3 is 1.70 bits per heavy atom. The first-order valence-corrected chi connectivity index (χ1v) is 2.60. The third kappa shape index (κ3) is 6.54. The molecule has 0 aliphatic carbocycles. The quantitative estimate of drug-likeness (QED) is 0.462. The van der Waals surface area contributed by atoms with Gasteiger partial charge in [-0.2, -0.15) is 0 Å². The number of halogens is 2. The number of nitrogens with one attached hydrogen (secondary N) is 1. The molecule has 0 aromatic rings. The molecular formula is C4H16Cl2N4. The van der Waals surface area contributed by atoms with Crippen molar-refractivity contribution in [2.75, 3.05) is 26.2 Å². The van der Waals surface area contributed by atoms with Crippen LogP contribution in [0.2, 0.25) is 0 Å². The average molecular weight is 191 g/mol. The molecule has 0 aromatic carbocycles. The first kappa shape index (κ1) is 16.8. The summed E-state index contributed by atoms with van der Waals surface area (Å²) in [5.74, 6) is 5.43. The molecule has 0 spiro atoms. The maximum absolute atomic E-state index is 5.43. The van der Waals surface area contributed by atoms with Crippen LogP contribution in [0.5, 0.6) is 0 Å². The van der Waals surface area contributed by atoms with Gasteiger partial charge in [-0.05, 0) is 0 Å². The van der Waals surface area contributed by atoms with Crippen LogP contribution in [0.1, 0.15) is 0 Å². The summed E-state index contributed by atoms with van der Waals surface area (Å²) in [6.07, 6.45) is 0. The fraction of sp³-hybridized carbons (Fsp3) is 1.00. The number of hydrogen-bond donors (Lipinski definition) is 3. The lowest BCUT2D eigenvalue weighted by atomic mass is 10.4. The summed E-state index contributed by atoms with van der Waals surface area (Å²) in [6.45, 7) is 4.05. The smallest absolute Gasteiger partial charge is 0.0254 e. The van der Waals surface area contributed by atoms with E-state index in [1.165, 1.54) is 0 Å². The fourth-order valence-corrected chi connectivity index (χ4v) is 0.682. The number of piperazine rings is 1. The summed E-state index contributed by atoms with van der Waals surface area (Å²) in [5.41, 5.74) is 0. The van der Waals surface area contributed by atoms with E-state index < -0.39 is 0 Å². The van der Waals surface area contributed by atoms with E-state index in [2.05, 4.69) is 5.32 Å². The van der Waals surface area contributed by atoms with Gasteiger partial charge in [0.25, 0.3) is 0 Å². The Labute approximate surface area is 73.9 Å². The first-order chi connectivity index (χ1) is 3.39. The molecule has 1 aliphatic heterocycles. The van der Waals surface area contributed by atoms with E-state index in [0.717, 1.165) is 26.2 Å². The zero-order valence-electron chi connectivity index (χ0n) is 5.88. The molecule has 1 saturated heterocycles. The van der Waals surface area contributed by atoms with E-state index in [-0.39, 0.29) is 31.0 Å². The van der Waals surface area contributed by atoms with Gasteiger partial charge in [0, 0.05) is 26.2 Å². The molecule has 0 radical (unpaired) electrons. The van der Waals surface area contributed by atoms with Crippen LogP contribution in [0.25, 0.3) is 0 Å². The Morgan fingerprint density at radius 1 is 1.10 bits per heavy atom. The summed E-state index contributed by atoms with van der Waals surface area (Å²) in [5, 5.41) is 5.02. The van der Waals surface area contributed by atoms with Crippen molar-refractivity contribution in [1.29, 1.82) is 0 Å². The molecule has 1 heterocycles. The van der Waals surface area contributed by atoms with Crippen LogP contribution in [-0.4, -0.2) is 31.2 Å². The number of nitrogens with zero attached hydrogens (tertiary/aromatic N) is 1. The Kier molecular flexibility index (Phi) is 15.8. The summed E-state index contributed by atoms with van der Waals surface area (Å²) in [7, 11) is 0. The second kappa shape index (κ2) is 9.42. The normalized spacial score (nSPS) is 17.7. The topological polar surface area (TPSA) is 76.3 Å². The molecule has 0 unspecified atom stereocenters. The van der Waals surface area contributed by atoms with Crippen molar-refractivity contribution in [3.63, 3.8) is 0 Å². The lowest BCUT2D eigenvalue weighted by Gasteiger charge is -2.21. The second-order valence-corrected chi connectivity index (χ2v) is 1.79. The molecule has 1 fully saturated rings. The van der Waals surface area contributed by atoms with Gasteiger partial charge >= 0.3 is 0 Å². The van der Waals surface area contributed by atoms with Crippen LogP contribution in [0.3, 0.4) is 0 Å². The summed E-state index contributed by atoms with van der Waals surface area (Å²) >= 11 is 0. The van der Waals surface area contributed by atoms with Crippen LogP contribution in [0.15, 0.2) is 0 Å². The van der Waals surface area contributed by atoms with Crippen LogP contribution >= 0.6 is 24.8 Å². The van der Waals surface area contributed by atoms with Gasteiger partial charge in [0.2, 0.25) is 0 Å². The Balaban J connectivity index is -0.000000163. The van der Waals surface area contributed by atoms with E-state index >= 15 is 0 Å². The molecule has 66 valence electrons. The van der Waals surface area contributed by atoms with Crippen molar-refractivity contribution in [3.8, 4) is 0 Å². The zero-order valence-corrected chi connectivity index (χ0v) is 7.51. The molecule has 6 N–H and O–H groups in total. The Morgan fingerprint density at radius 2 is 1.50 bits per heavy atom. The highest BCUT2D eigenvalue weighted by Gasteiger charge is 2.01. The van der Waals surface area contributed by atoms with Crippen LogP contribution < -0.4 is 17.3 Å². The standard InChI is InChI=1S/C4H11N3.2ClH.H3N/c5-7-3-1-6-2-4-7;;;/h6H,1-5H2;2*1H;1H3. The number of hydrazine groups is 1. The van der Waals surface area contributed by atoms with E-state index in [4.69, 9.17) is 5.84 Å². The molecular weight excluding hydrogens is 175 g/mol. The molecule has 1 rings (SSSR count). The number of nitrogens with two attached hydrogens (primary N) is 1. The molecule has 0 atom stereocenters. The van der Waals surface area contributed by atoms with Crippen molar-refractivity contribution in [1.82, 2.24) is 16.5 Å². The second-order valence-electron chi connectivity index (χ2n) is 1.79. The van der Waals surface area contributed by atoms with Crippen molar-refractivity contribution in [2.45, 2.75) is 0 Å². The lowest BCUT2D eigenvalue weighted by molar-refractivity contribution is 0.248. The zero-order chi connectivity index (χ0) is 5.11. The number of rotatable bonds is 0. The number of hydrogen-bond acceptors (Lipinski definition) is 4. The van der Waals surface area contributed by atoms with Crippen molar-refractivity contribution in [3.05, 3.63) is 0 Å². The van der Waals surface area contributed by atoms with Gasteiger partial charge in [0.05, 0.1) is 0 Å². The molecule has 0 bridgehead atoms. The van der Waals surface area contributed by atoms with Crippen molar-refractivity contribution in [2.24, 2.45) is 5.84 Å². The minimum Gasteiger partial charge on any atom is -0.344 e. The molecule has 10 heavy (non-hydrogen) atoms. The predicted molar refractivity (Wildman–Crippen MR) is 48.1 cm³/mol. The third-order valence-electron chi connectivity index (χ3n) is 1.15. The third-order valence-corrected chi connectivity index (χ3v) is 1.15. The molecule has 4 nitrogen and oxygen atoms in total. The van der Waals surface area contributed by atoms with Crippen LogP contribution in [-0.2, 0) is 0 Å². The van der Waals surface area contributed by atoms with Crippen LogP contribution in [0.4, 0.5) is 0 Å². The van der Waals surface area contributed by atoms with Gasteiger partial charge in [0.15, 0.2) is 0 Å². The van der Waals surface area contributed by atoms with Gasteiger partial charge in [-0.1, -0.05) is 0 Å². The van der Waals surface area contributed by atoms with E-state index in [1.807, 2.05) is 5.01 Å². The van der Waals surface area contributed by atoms with E-state index in [9.17, 15) is 0 Å². The van der Waals surface area contributed by atoms with Crippen molar-refractivity contribution < 1.29 is 0 Å². The van der Waals surface area contributed by atoms with E-state index in [1.54, 1.807) is 0 Å². The molecule has 0 saturated carbocycles. The Hall–Kier alpha value is 0.420. The summed E-state index contributed by atoms with van der Waals surface area (Å²) in [4.78, 5) is 0. The fourth-order valence-electron chi connectivity index (χ4n) is 0.682. The maximum Gasteiger partial charge on any atom is 0.0254 e. The minimum absolute atomic E-state index is 0. The lowest BCUT2D eigenvalue weighted by Crippen LogP contribution is -2.47.